The van der Waals surface area contributed by atoms with Crippen LogP contribution in [-0.4, -0.2) is 20.9 Å². The Morgan fingerprint density at radius 2 is 2.24 bits per heavy atom. The Kier molecular flexibility index (Phi) is 2.38. The van der Waals surface area contributed by atoms with E-state index in [9.17, 15) is 4.79 Å². The molecule has 0 radical (unpaired) electrons. The number of carbonyl (C=O) groups excluding carboxylic acids is 1. The summed E-state index contributed by atoms with van der Waals surface area (Å²) in [6.07, 6.45) is 4.67. The Morgan fingerprint density at radius 1 is 1.35 bits per heavy atom. The van der Waals surface area contributed by atoms with E-state index in [-0.39, 0.29) is 11.1 Å². The minimum atomic E-state index is -0.238. The van der Waals surface area contributed by atoms with Gasteiger partial charge < -0.3 is 5.32 Å². The van der Waals surface area contributed by atoms with Crippen molar-refractivity contribution in [3.63, 3.8) is 0 Å². The van der Waals surface area contributed by atoms with Crippen molar-refractivity contribution in [1.82, 2.24) is 15.0 Å². The average molecular weight is 265 g/mol. The highest BCUT2D eigenvalue weighted by molar-refractivity contribution is 7.10. The van der Waals surface area contributed by atoms with Gasteiger partial charge in [-0.1, -0.05) is 11.6 Å². The average Bonchev–Trinajstić information content (AvgIpc) is 2.89. The van der Waals surface area contributed by atoms with Crippen LogP contribution in [0.3, 0.4) is 0 Å². The first-order valence-corrected chi connectivity index (χ1v) is 5.95. The fourth-order valence-electron chi connectivity index (χ4n) is 1.55. The predicted octanol–water partition coefficient (Wildman–Crippen LogP) is 2.08. The maximum atomic E-state index is 11.8. The molecule has 1 amide bonds. The van der Waals surface area contributed by atoms with Crippen molar-refractivity contribution in [3.05, 3.63) is 33.6 Å². The summed E-state index contributed by atoms with van der Waals surface area (Å²) >= 11 is 7.41. The van der Waals surface area contributed by atoms with Gasteiger partial charge in [0.15, 0.2) is 0 Å². The number of amides is 1. The van der Waals surface area contributed by atoms with E-state index in [2.05, 4.69) is 20.3 Å². The summed E-state index contributed by atoms with van der Waals surface area (Å²) in [5.41, 5.74) is 0.981. The van der Waals surface area contributed by atoms with E-state index in [1.807, 2.05) is 5.38 Å². The van der Waals surface area contributed by atoms with E-state index in [1.54, 1.807) is 12.3 Å². The van der Waals surface area contributed by atoms with Crippen LogP contribution < -0.4 is 5.32 Å². The van der Waals surface area contributed by atoms with Gasteiger partial charge in [-0.2, -0.15) is 0 Å². The molecule has 0 bridgehead atoms. The van der Waals surface area contributed by atoms with Gasteiger partial charge in [0.05, 0.1) is 11.1 Å². The van der Waals surface area contributed by atoms with Gasteiger partial charge in [-0.3, -0.25) is 4.79 Å². The molecule has 2 aromatic heterocycles. The molecule has 0 aromatic carbocycles. The second kappa shape index (κ2) is 3.90. The summed E-state index contributed by atoms with van der Waals surface area (Å²) in [5.74, 6) is 0.204. The Hall–Kier alpha value is -1.79. The first kappa shape index (κ1) is 10.4. The molecule has 7 heteroatoms. The number of halogens is 1. The van der Waals surface area contributed by atoms with Crippen molar-refractivity contribution in [3.8, 4) is 0 Å². The van der Waals surface area contributed by atoms with Crippen LogP contribution in [0.2, 0.25) is 5.15 Å². The van der Waals surface area contributed by atoms with Crippen LogP contribution in [0, 0.1) is 0 Å². The molecule has 0 atom stereocenters. The zero-order valence-electron chi connectivity index (χ0n) is 8.35. The van der Waals surface area contributed by atoms with Crippen LogP contribution >= 0.6 is 22.9 Å². The molecule has 1 N–H and O–H groups in total. The molecule has 0 saturated heterocycles. The summed E-state index contributed by atoms with van der Waals surface area (Å²) < 4.78 is 0. The number of rotatable bonds is 1. The van der Waals surface area contributed by atoms with Gasteiger partial charge in [-0.15, -0.1) is 11.3 Å². The van der Waals surface area contributed by atoms with Crippen LogP contribution in [-0.2, 0) is 4.79 Å². The van der Waals surface area contributed by atoms with E-state index >= 15 is 0 Å². The zero-order valence-corrected chi connectivity index (χ0v) is 9.92. The lowest BCUT2D eigenvalue weighted by atomic mass is 10.1. The smallest absolute Gasteiger partial charge is 0.257 e. The summed E-state index contributed by atoms with van der Waals surface area (Å²) in [4.78, 5) is 23.7. The fraction of sp³-hybridized carbons (Fsp3) is 0. The normalized spacial score (nSPS) is 16.1. The number of thiazole rings is 1. The molecule has 2 aromatic rings. The summed E-state index contributed by atoms with van der Waals surface area (Å²) in [6, 6.07) is 0. The number of nitrogens with one attached hydrogen (secondary N) is 1. The molecule has 0 aliphatic carbocycles. The van der Waals surface area contributed by atoms with Crippen LogP contribution in [0.5, 0.6) is 0 Å². The molecular weight excluding hydrogens is 260 g/mol. The quantitative estimate of drug-likeness (QED) is 0.632. The summed E-state index contributed by atoms with van der Waals surface area (Å²) in [7, 11) is 0. The summed E-state index contributed by atoms with van der Waals surface area (Å²) in [5, 5.41) is 5.47. The molecule has 1 aliphatic rings. The van der Waals surface area contributed by atoms with Crippen molar-refractivity contribution in [2.75, 3.05) is 5.32 Å². The molecule has 17 heavy (non-hydrogen) atoms. The van der Waals surface area contributed by atoms with E-state index in [1.165, 1.54) is 17.7 Å². The van der Waals surface area contributed by atoms with Gasteiger partial charge in [0.1, 0.15) is 22.3 Å². The van der Waals surface area contributed by atoms with Crippen LogP contribution in [0.1, 0.15) is 10.6 Å². The Morgan fingerprint density at radius 3 is 3.00 bits per heavy atom. The van der Waals surface area contributed by atoms with Crippen molar-refractivity contribution in [2.45, 2.75) is 0 Å². The van der Waals surface area contributed by atoms with Crippen molar-refractivity contribution >= 4 is 46.3 Å². The number of hydrogen-bond acceptors (Lipinski definition) is 5. The van der Waals surface area contributed by atoms with Gasteiger partial charge in [-0.05, 0) is 6.08 Å². The van der Waals surface area contributed by atoms with Crippen molar-refractivity contribution < 1.29 is 4.79 Å². The standard InChI is InChI=1S/C10H5ClN4OS/c11-8-7-5(3-6-12-1-2-17-6)10(16)15-9(7)14-4-13-8/h1-4H,(H,13,14,15,16). The predicted molar refractivity (Wildman–Crippen MR) is 65.7 cm³/mol. The number of carbonyl (C=O) groups is 1. The molecule has 3 heterocycles. The van der Waals surface area contributed by atoms with Gasteiger partial charge >= 0.3 is 0 Å². The number of fused-ring (bicyclic) bond motifs is 1. The van der Waals surface area contributed by atoms with Crippen molar-refractivity contribution in [1.29, 1.82) is 0 Å². The molecule has 3 rings (SSSR count). The number of hydrogen-bond donors (Lipinski definition) is 1. The number of aromatic nitrogens is 3. The Bertz CT molecular complexity index is 623. The molecule has 0 spiro atoms. The lowest BCUT2D eigenvalue weighted by Gasteiger charge is -1.97. The lowest BCUT2D eigenvalue weighted by Crippen LogP contribution is -2.04. The van der Waals surface area contributed by atoms with Gasteiger partial charge in [0, 0.05) is 11.6 Å². The highest BCUT2D eigenvalue weighted by Gasteiger charge is 2.28. The van der Waals surface area contributed by atoms with Crippen LogP contribution in [0.4, 0.5) is 5.82 Å². The first-order valence-electron chi connectivity index (χ1n) is 4.69. The monoisotopic (exact) mass is 264 g/mol. The largest absolute Gasteiger partial charge is 0.306 e. The van der Waals surface area contributed by atoms with E-state index in [0.717, 1.165) is 5.01 Å². The third-order valence-corrected chi connectivity index (χ3v) is 3.28. The maximum absolute atomic E-state index is 11.8. The van der Waals surface area contributed by atoms with Gasteiger partial charge in [-0.25, -0.2) is 15.0 Å². The number of anilines is 1. The van der Waals surface area contributed by atoms with Crippen LogP contribution in [0.15, 0.2) is 17.9 Å². The maximum Gasteiger partial charge on any atom is 0.257 e. The molecule has 5 nitrogen and oxygen atoms in total. The SMILES string of the molecule is O=C1Nc2ncnc(Cl)c2C1=Cc1nccs1. The molecule has 0 saturated carbocycles. The number of nitrogens with zero attached hydrogens (tertiary/aromatic N) is 3. The Labute approximate surface area is 105 Å². The van der Waals surface area contributed by atoms with E-state index < -0.39 is 0 Å². The summed E-state index contributed by atoms with van der Waals surface area (Å²) in [6.45, 7) is 0. The van der Waals surface area contributed by atoms with Gasteiger partial charge in [0.2, 0.25) is 0 Å². The van der Waals surface area contributed by atoms with E-state index in [4.69, 9.17) is 11.6 Å². The third kappa shape index (κ3) is 1.71. The highest BCUT2D eigenvalue weighted by Crippen LogP contribution is 2.35. The highest BCUT2D eigenvalue weighted by atomic mass is 35.5. The topological polar surface area (TPSA) is 67.8 Å². The molecule has 84 valence electrons. The van der Waals surface area contributed by atoms with Gasteiger partial charge in [0.25, 0.3) is 5.91 Å². The molecule has 0 fully saturated rings. The third-order valence-electron chi connectivity index (χ3n) is 2.27. The minimum absolute atomic E-state index is 0.238. The second-order valence-electron chi connectivity index (χ2n) is 3.27. The minimum Gasteiger partial charge on any atom is -0.306 e. The molecular formula is C10H5ClN4OS. The second-order valence-corrected chi connectivity index (χ2v) is 4.55. The van der Waals surface area contributed by atoms with Crippen molar-refractivity contribution in [2.24, 2.45) is 0 Å². The Balaban J connectivity index is 2.17. The fourth-order valence-corrected chi connectivity index (χ4v) is 2.36. The molecule has 0 unspecified atom stereocenters. The first-order chi connectivity index (χ1) is 8.25. The van der Waals surface area contributed by atoms with Crippen LogP contribution in [0.25, 0.3) is 11.6 Å². The zero-order chi connectivity index (χ0) is 11.8. The lowest BCUT2D eigenvalue weighted by molar-refractivity contribution is -0.110. The van der Waals surface area contributed by atoms with E-state index in [0.29, 0.717) is 17.0 Å². The molecule has 1 aliphatic heterocycles.